The number of rotatable bonds is 5. The van der Waals surface area contributed by atoms with Crippen molar-refractivity contribution in [2.24, 2.45) is 0 Å². The Balaban J connectivity index is 3.31. The summed E-state index contributed by atoms with van der Waals surface area (Å²) in [4.78, 5) is 0. The first-order valence-electron chi connectivity index (χ1n) is 4.91. The average molecular weight is 396 g/mol. The highest BCUT2D eigenvalue weighted by molar-refractivity contribution is 14.1. The van der Waals surface area contributed by atoms with Crippen LogP contribution >= 0.6 is 22.6 Å². The van der Waals surface area contributed by atoms with Gasteiger partial charge in [0.05, 0.1) is 0 Å². The van der Waals surface area contributed by atoms with Gasteiger partial charge in [-0.1, -0.05) is 26.6 Å². The molecule has 0 radical (unpaired) electrons. The van der Waals surface area contributed by atoms with E-state index in [-0.39, 0.29) is 16.6 Å². The Morgan fingerprint density at radius 3 is 2.33 bits per heavy atom. The van der Waals surface area contributed by atoms with E-state index in [4.69, 9.17) is 4.55 Å². The van der Waals surface area contributed by atoms with Crippen molar-refractivity contribution in [1.82, 2.24) is 0 Å². The third kappa shape index (κ3) is 3.54. The molecule has 0 atom stereocenters. The second-order valence-electron chi connectivity index (χ2n) is 3.47. The Hall–Kier alpha value is -0.420. The lowest BCUT2D eigenvalue weighted by molar-refractivity contribution is -0.533. The van der Waals surface area contributed by atoms with Gasteiger partial charge < -0.3 is 0 Å². The first kappa shape index (κ1) is 15.6. The fourth-order valence-corrected chi connectivity index (χ4v) is 2.59. The van der Waals surface area contributed by atoms with Gasteiger partial charge in [-0.05, 0) is 17.3 Å². The van der Waals surface area contributed by atoms with Crippen LogP contribution in [0.1, 0.15) is 18.5 Å². The number of hydrogen-bond acceptors (Lipinski definition) is 2. The van der Waals surface area contributed by atoms with Crippen molar-refractivity contribution in [1.29, 1.82) is 0 Å². The summed E-state index contributed by atoms with van der Waals surface area (Å²) in [6.07, 6.45) is 1.14. The number of unbranched alkanes of at least 4 members (excludes halogenated alkanes) is 1. The summed E-state index contributed by atoms with van der Waals surface area (Å²) in [5.74, 6) is -5.02. The van der Waals surface area contributed by atoms with Gasteiger partial charge in [0, 0.05) is 6.42 Å². The maximum atomic E-state index is 13.5. The standard InChI is InChI=1S/C9H9F3INO3S/c10-6-5-14(18(15,16)17)7(3-1-2-4-13)9(12)8(6)11/h5H,1-4H2/p+1. The summed E-state index contributed by atoms with van der Waals surface area (Å²) in [7, 11) is -4.86. The first-order valence-corrected chi connectivity index (χ1v) is 7.83. The van der Waals surface area contributed by atoms with Crippen molar-refractivity contribution in [3.05, 3.63) is 29.3 Å². The normalized spacial score (nSPS) is 11.8. The molecule has 0 saturated heterocycles. The quantitative estimate of drug-likeness (QED) is 0.272. The maximum absolute atomic E-state index is 13.5. The molecule has 0 unspecified atom stereocenters. The van der Waals surface area contributed by atoms with E-state index in [1.165, 1.54) is 0 Å². The molecule has 18 heavy (non-hydrogen) atoms. The molecule has 0 bridgehead atoms. The molecule has 1 N–H and O–H groups in total. The third-order valence-electron chi connectivity index (χ3n) is 2.20. The Morgan fingerprint density at radius 1 is 1.22 bits per heavy atom. The molecule has 0 aliphatic heterocycles. The smallest absolute Gasteiger partial charge is 0.233 e. The van der Waals surface area contributed by atoms with Gasteiger partial charge in [-0.3, -0.25) is 0 Å². The van der Waals surface area contributed by atoms with E-state index < -0.39 is 33.4 Å². The van der Waals surface area contributed by atoms with E-state index >= 15 is 0 Å². The van der Waals surface area contributed by atoms with Crippen LogP contribution in [-0.2, 0) is 16.7 Å². The number of halogens is 4. The van der Waals surface area contributed by atoms with Crippen LogP contribution in [0.5, 0.6) is 0 Å². The van der Waals surface area contributed by atoms with E-state index in [1.54, 1.807) is 0 Å². The van der Waals surface area contributed by atoms with Crippen LogP contribution in [0.25, 0.3) is 0 Å². The molecular weight excluding hydrogens is 386 g/mol. The van der Waals surface area contributed by atoms with E-state index in [9.17, 15) is 21.6 Å². The van der Waals surface area contributed by atoms with E-state index in [1.807, 2.05) is 0 Å². The Morgan fingerprint density at radius 2 is 1.83 bits per heavy atom. The zero-order valence-electron chi connectivity index (χ0n) is 9.04. The molecule has 0 fully saturated rings. The van der Waals surface area contributed by atoms with E-state index in [0.717, 1.165) is 4.43 Å². The summed E-state index contributed by atoms with van der Waals surface area (Å²) in [6.45, 7) is 0. The molecule has 1 aromatic rings. The highest BCUT2D eigenvalue weighted by Crippen LogP contribution is 2.14. The van der Waals surface area contributed by atoms with Crippen LogP contribution in [0.3, 0.4) is 0 Å². The molecule has 0 amide bonds. The molecule has 1 aromatic heterocycles. The van der Waals surface area contributed by atoms with Crippen molar-refractivity contribution in [2.45, 2.75) is 19.3 Å². The lowest BCUT2D eigenvalue weighted by atomic mass is 10.2. The molecule has 0 spiro atoms. The lowest BCUT2D eigenvalue weighted by Gasteiger charge is -2.03. The van der Waals surface area contributed by atoms with Gasteiger partial charge in [0.15, 0.2) is 0 Å². The zero-order chi connectivity index (χ0) is 13.9. The largest absolute Gasteiger partial charge is 0.511 e. The lowest BCUT2D eigenvalue weighted by Crippen LogP contribution is -2.47. The monoisotopic (exact) mass is 396 g/mol. The molecule has 0 aromatic carbocycles. The predicted octanol–water partition coefficient (Wildman–Crippen LogP) is 1.80. The Bertz CT molecular complexity index is 550. The van der Waals surface area contributed by atoms with Crippen LogP contribution < -0.4 is 3.97 Å². The summed E-state index contributed by atoms with van der Waals surface area (Å²) < 4.78 is 71.0. The highest BCUT2D eigenvalue weighted by atomic mass is 127. The number of alkyl halides is 1. The number of hydrogen-bond donors (Lipinski definition) is 1. The molecule has 9 heteroatoms. The minimum atomic E-state index is -4.86. The second-order valence-corrected chi connectivity index (χ2v) is 5.84. The molecule has 0 saturated carbocycles. The Kier molecular flexibility index (Phi) is 5.34. The molecule has 1 heterocycles. The SMILES string of the molecule is O=S(=O)(O)[n+]1cc(F)c(F)c(F)c1CCCCI. The third-order valence-corrected chi connectivity index (χ3v) is 3.78. The summed E-state index contributed by atoms with van der Waals surface area (Å²) in [6, 6.07) is 0. The first-order chi connectivity index (χ1) is 8.29. The van der Waals surface area contributed by atoms with Crippen molar-refractivity contribution in [3.8, 4) is 0 Å². The van der Waals surface area contributed by atoms with Gasteiger partial charge in [0.1, 0.15) is 0 Å². The van der Waals surface area contributed by atoms with Crippen LogP contribution in [0.2, 0.25) is 0 Å². The van der Waals surface area contributed by atoms with Gasteiger partial charge >= 0.3 is 10.3 Å². The van der Waals surface area contributed by atoms with Crippen LogP contribution in [0.15, 0.2) is 6.20 Å². The summed E-state index contributed by atoms with van der Waals surface area (Å²) in [5.41, 5.74) is -0.596. The fraction of sp³-hybridized carbons (Fsp3) is 0.444. The molecule has 0 aliphatic carbocycles. The predicted molar refractivity (Wildman–Crippen MR) is 65.3 cm³/mol. The van der Waals surface area contributed by atoms with Gasteiger partial charge in [0.25, 0.3) is 0 Å². The van der Waals surface area contributed by atoms with Crippen LogP contribution in [0, 0.1) is 17.5 Å². The van der Waals surface area contributed by atoms with Crippen LogP contribution in [-0.4, -0.2) is 17.4 Å². The van der Waals surface area contributed by atoms with Gasteiger partial charge in [0.2, 0.25) is 29.3 Å². The Labute approximate surface area is 116 Å². The maximum Gasteiger partial charge on any atom is 0.511 e. The van der Waals surface area contributed by atoms with Gasteiger partial charge in [-0.2, -0.15) is 13.2 Å². The van der Waals surface area contributed by atoms with Crippen molar-refractivity contribution in [3.63, 3.8) is 0 Å². The zero-order valence-corrected chi connectivity index (χ0v) is 12.0. The molecular formula is C9H10F3INO3S+. The summed E-state index contributed by atoms with van der Waals surface area (Å²) in [5, 5.41) is 0. The minimum Gasteiger partial charge on any atom is -0.233 e. The highest BCUT2D eigenvalue weighted by Gasteiger charge is 2.32. The van der Waals surface area contributed by atoms with Gasteiger partial charge in [-0.25, -0.2) is 4.55 Å². The summed E-state index contributed by atoms with van der Waals surface area (Å²) >= 11 is 2.07. The molecule has 0 aliphatic rings. The van der Waals surface area contributed by atoms with E-state index in [2.05, 4.69) is 22.6 Å². The molecule has 1 rings (SSSR count). The van der Waals surface area contributed by atoms with Crippen LogP contribution in [0.4, 0.5) is 13.2 Å². The number of aromatic nitrogens is 1. The average Bonchev–Trinajstić information content (AvgIpc) is 2.27. The molecule has 102 valence electrons. The van der Waals surface area contributed by atoms with Gasteiger partial charge in [-0.15, -0.1) is 8.42 Å². The fourth-order valence-electron chi connectivity index (χ4n) is 1.38. The van der Waals surface area contributed by atoms with Crippen molar-refractivity contribution >= 4 is 32.9 Å². The number of nitrogens with zero attached hydrogens (tertiary/aromatic N) is 1. The van der Waals surface area contributed by atoms with Crippen molar-refractivity contribution < 1.29 is 30.1 Å². The topological polar surface area (TPSA) is 58.3 Å². The number of pyridine rings is 1. The minimum absolute atomic E-state index is 0.0218. The van der Waals surface area contributed by atoms with Crippen molar-refractivity contribution in [2.75, 3.05) is 4.43 Å². The molecule has 4 nitrogen and oxygen atoms in total. The second kappa shape index (κ2) is 6.15. The van der Waals surface area contributed by atoms with E-state index in [0.29, 0.717) is 12.8 Å².